The molecule has 1 aromatic rings. The van der Waals surface area contributed by atoms with E-state index in [2.05, 4.69) is 29.6 Å². The molecule has 1 heterocycles. The molecule has 0 aliphatic carbocycles. The van der Waals surface area contributed by atoms with Crippen molar-refractivity contribution in [2.75, 3.05) is 13.6 Å². The van der Waals surface area contributed by atoms with E-state index in [0.29, 0.717) is 0 Å². The van der Waals surface area contributed by atoms with Gasteiger partial charge in [0.1, 0.15) is 0 Å². The Hall–Kier alpha value is -1.15. The predicted molar refractivity (Wildman–Crippen MR) is 55.4 cm³/mol. The molecule has 0 N–H and O–H groups in total. The fourth-order valence-corrected chi connectivity index (χ4v) is 1.32. The summed E-state index contributed by atoms with van der Waals surface area (Å²) in [5.41, 5.74) is 2.43. The molecule has 0 unspecified atom stereocenters. The minimum absolute atomic E-state index is 0.931. The molecule has 2 heteroatoms. The molecule has 0 amide bonds. The first kappa shape index (κ1) is 9.93. The van der Waals surface area contributed by atoms with Gasteiger partial charge in [0.15, 0.2) is 0 Å². The summed E-state index contributed by atoms with van der Waals surface area (Å²) in [5.74, 6) is 0. The van der Waals surface area contributed by atoms with Crippen molar-refractivity contribution < 1.29 is 0 Å². The lowest BCUT2D eigenvalue weighted by Crippen LogP contribution is -2.19. The molecule has 0 saturated heterocycles. The van der Waals surface area contributed by atoms with Gasteiger partial charge in [-0.1, -0.05) is 18.2 Å². The third-order valence-electron chi connectivity index (χ3n) is 1.72. The van der Waals surface area contributed by atoms with Crippen molar-refractivity contribution in [1.82, 2.24) is 9.88 Å². The second-order valence-corrected chi connectivity index (χ2v) is 3.49. The van der Waals surface area contributed by atoms with Crippen LogP contribution in [0.2, 0.25) is 0 Å². The summed E-state index contributed by atoms with van der Waals surface area (Å²) in [4.78, 5) is 6.29. The van der Waals surface area contributed by atoms with Crippen LogP contribution in [0, 0.1) is 0 Å². The normalized spacial score (nSPS) is 10.4. The van der Waals surface area contributed by atoms with Crippen molar-refractivity contribution in [3.05, 3.63) is 42.2 Å². The van der Waals surface area contributed by atoms with E-state index in [9.17, 15) is 0 Å². The van der Waals surface area contributed by atoms with E-state index in [-0.39, 0.29) is 0 Å². The number of hydrogen-bond acceptors (Lipinski definition) is 2. The molecule has 0 aromatic carbocycles. The van der Waals surface area contributed by atoms with Crippen molar-refractivity contribution >= 4 is 0 Å². The van der Waals surface area contributed by atoms with Gasteiger partial charge in [0.25, 0.3) is 0 Å². The molecule has 0 saturated carbocycles. The van der Waals surface area contributed by atoms with Crippen LogP contribution in [-0.4, -0.2) is 23.5 Å². The highest BCUT2D eigenvalue weighted by atomic mass is 15.1. The molecular formula is C11H16N2. The van der Waals surface area contributed by atoms with Gasteiger partial charge >= 0.3 is 0 Å². The monoisotopic (exact) mass is 176 g/mol. The molecule has 70 valence electrons. The van der Waals surface area contributed by atoms with Crippen LogP contribution in [0.1, 0.15) is 12.5 Å². The van der Waals surface area contributed by atoms with Gasteiger partial charge in [-0.2, -0.15) is 0 Å². The van der Waals surface area contributed by atoms with Crippen LogP contribution in [0.4, 0.5) is 0 Å². The summed E-state index contributed by atoms with van der Waals surface area (Å²) >= 11 is 0. The molecule has 1 rings (SSSR count). The van der Waals surface area contributed by atoms with Crippen LogP contribution in [0.15, 0.2) is 36.7 Å². The Morgan fingerprint density at radius 2 is 2.38 bits per heavy atom. The fraction of sp³-hybridized carbons (Fsp3) is 0.364. The number of nitrogens with zero attached hydrogens (tertiary/aromatic N) is 2. The Morgan fingerprint density at radius 1 is 1.62 bits per heavy atom. The summed E-state index contributed by atoms with van der Waals surface area (Å²) < 4.78 is 0. The standard InChI is InChI=1S/C11H16N2/c1-10(2)8-13(3)9-11-5-4-6-12-7-11/h4-7H,1,8-9H2,2-3H3. The first-order valence-electron chi connectivity index (χ1n) is 4.40. The van der Waals surface area contributed by atoms with Crippen molar-refractivity contribution in [3.63, 3.8) is 0 Å². The van der Waals surface area contributed by atoms with Crippen LogP contribution < -0.4 is 0 Å². The molecule has 0 spiro atoms. The molecule has 1 aromatic heterocycles. The zero-order chi connectivity index (χ0) is 9.68. The minimum atomic E-state index is 0.931. The van der Waals surface area contributed by atoms with Crippen LogP contribution in [0.3, 0.4) is 0 Å². The maximum Gasteiger partial charge on any atom is 0.0312 e. The fourth-order valence-electron chi connectivity index (χ4n) is 1.32. The molecule has 0 aliphatic rings. The highest BCUT2D eigenvalue weighted by Gasteiger charge is 1.99. The number of likely N-dealkylation sites (N-methyl/N-ethyl adjacent to an activating group) is 1. The predicted octanol–water partition coefficient (Wildman–Crippen LogP) is 2.09. The number of pyridine rings is 1. The highest BCUT2D eigenvalue weighted by Crippen LogP contribution is 2.02. The first-order chi connectivity index (χ1) is 6.18. The van der Waals surface area contributed by atoms with E-state index in [1.807, 2.05) is 19.2 Å². The van der Waals surface area contributed by atoms with Gasteiger partial charge in [0, 0.05) is 25.5 Å². The van der Waals surface area contributed by atoms with Gasteiger partial charge in [0.05, 0.1) is 0 Å². The summed E-state index contributed by atoms with van der Waals surface area (Å²) in [6, 6.07) is 4.05. The quantitative estimate of drug-likeness (QED) is 0.653. The molecule has 2 nitrogen and oxygen atoms in total. The van der Waals surface area contributed by atoms with Crippen molar-refractivity contribution in [2.45, 2.75) is 13.5 Å². The molecule has 0 atom stereocenters. The second kappa shape index (κ2) is 4.77. The molecule has 13 heavy (non-hydrogen) atoms. The van der Waals surface area contributed by atoms with Crippen LogP contribution in [0.25, 0.3) is 0 Å². The van der Waals surface area contributed by atoms with Gasteiger partial charge in [-0.25, -0.2) is 0 Å². The summed E-state index contributed by atoms with van der Waals surface area (Å²) in [6.45, 7) is 7.79. The lowest BCUT2D eigenvalue weighted by atomic mass is 10.2. The largest absolute Gasteiger partial charge is 0.298 e. The summed E-state index contributed by atoms with van der Waals surface area (Å²) in [7, 11) is 2.08. The van der Waals surface area contributed by atoms with Gasteiger partial charge in [-0.3, -0.25) is 9.88 Å². The molecule has 0 bridgehead atoms. The van der Waals surface area contributed by atoms with E-state index in [4.69, 9.17) is 0 Å². The Morgan fingerprint density at radius 3 is 2.92 bits per heavy atom. The van der Waals surface area contributed by atoms with Crippen molar-refractivity contribution in [2.24, 2.45) is 0 Å². The maximum atomic E-state index is 4.07. The average molecular weight is 176 g/mol. The smallest absolute Gasteiger partial charge is 0.0312 e. The first-order valence-corrected chi connectivity index (χ1v) is 4.40. The van der Waals surface area contributed by atoms with Gasteiger partial charge in [0.2, 0.25) is 0 Å². The summed E-state index contributed by atoms with van der Waals surface area (Å²) in [5, 5.41) is 0. The summed E-state index contributed by atoms with van der Waals surface area (Å²) in [6.07, 6.45) is 3.69. The highest BCUT2D eigenvalue weighted by molar-refractivity contribution is 5.08. The Balaban J connectivity index is 2.45. The van der Waals surface area contributed by atoms with Crippen LogP contribution in [-0.2, 0) is 6.54 Å². The van der Waals surface area contributed by atoms with Crippen LogP contribution in [0.5, 0.6) is 0 Å². The molecule has 0 fully saturated rings. The molecule has 0 radical (unpaired) electrons. The SMILES string of the molecule is C=C(C)CN(C)Cc1cccnc1. The Kier molecular flexibility index (Phi) is 3.65. The van der Waals surface area contributed by atoms with Gasteiger partial charge < -0.3 is 0 Å². The van der Waals surface area contributed by atoms with Crippen LogP contribution >= 0.6 is 0 Å². The minimum Gasteiger partial charge on any atom is -0.298 e. The van der Waals surface area contributed by atoms with E-state index < -0.39 is 0 Å². The van der Waals surface area contributed by atoms with E-state index in [1.165, 1.54) is 11.1 Å². The van der Waals surface area contributed by atoms with E-state index in [1.54, 1.807) is 6.20 Å². The second-order valence-electron chi connectivity index (χ2n) is 3.49. The topological polar surface area (TPSA) is 16.1 Å². The maximum absolute atomic E-state index is 4.07. The number of hydrogen-bond donors (Lipinski definition) is 0. The molecule has 0 aliphatic heterocycles. The molecular weight excluding hydrogens is 160 g/mol. The van der Waals surface area contributed by atoms with E-state index in [0.717, 1.165) is 13.1 Å². The zero-order valence-electron chi connectivity index (χ0n) is 8.33. The lowest BCUT2D eigenvalue weighted by Gasteiger charge is -2.15. The van der Waals surface area contributed by atoms with Crippen molar-refractivity contribution in [3.8, 4) is 0 Å². The number of rotatable bonds is 4. The lowest BCUT2D eigenvalue weighted by molar-refractivity contribution is 0.355. The third kappa shape index (κ3) is 3.85. The number of aromatic nitrogens is 1. The Labute approximate surface area is 79.9 Å². The van der Waals surface area contributed by atoms with Gasteiger partial charge in [-0.15, -0.1) is 0 Å². The average Bonchev–Trinajstić information content (AvgIpc) is 2.04. The third-order valence-corrected chi connectivity index (χ3v) is 1.72. The van der Waals surface area contributed by atoms with E-state index >= 15 is 0 Å². The van der Waals surface area contributed by atoms with Crippen molar-refractivity contribution in [1.29, 1.82) is 0 Å². The van der Waals surface area contributed by atoms with Gasteiger partial charge in [-0.05, 0) is 25.6 Å². The zero-order valence-corrected chi connectivity index (χ0v) is 8.33. The Bertz CT molecular complexity index is 267.